The molecular weight excluding hydrogens is 367 g/mol. The topological polar surface area (TPSA) is 86.1 Å². The highest BCUT2D eigenvalue weighted by molar-refractivity contribution is 6.04. The molecule has 1 aromatic carbocycles. The third-order valence-corrected chi connectivity index (χ3v) is 4.86. The Balaban J connectivity index is 1.54. The normalized spacial score (nSPS) is 16.4. The van der Waals surface area contributed by atoms with E-state index >= 15 is 0 Å². The molecule has 0 spiro atoms. The lowest BCUT2D eigenvalue weighted by Crippen LogP contribution is -2.44. The summed E-state index contributed by atoms with van der Waals surface area (Å²) in [5.41, 5.74) is 0.523. The summed E-state index contributed by atoms with van der Waals surface area (Å²) in [6.45, 7) is 1.14. The van der Waals surface area contributed by atoms with Crippen molar-refractivity contribution < 1.29 is 23.2 Å². The Morgan fingerprint density at radius 3 is 2.68 bits per heavy atom. The van der Waals surface area contributed by atoms with Gasteiger partial charge in [-0.25, -0.2) is 9.18 Å². The second kappa shape index (κ2) is 7.87. The Morgan fingerprint density at radius 1 is 1.29 bits per heavy atom. The predicted octanol–water partition coefficient (Wildman–Crippen LogP) is 1.52. The zero-order valence-electron chi connectivity index (χ0n) is 16.1. The number of likely N-dealkylation sites (N-methyl/N-ethyl adjacent to an activating group) is 2. The minimum Gasteiger partial charge on any atom is -0.464 e. The van der Waals surface area contributed by atoms with Crippen LogP contribution in [0.15, 0.2) is 28.9 Å². The van der Waals surface area contributed by atoms with Crippen molar-refractivity contribution in [2.24, 2.45) is 0 Å². The fraction of sp³-hybridized carbons (Fsp3) is 0.421. The number of furan rings is 1. The van der Waals surface area contributed by atoms with Gasteiger partial charge in [0.25, 0.3) is 5.91 Å². The molecule has 1 fully saturated rings. The van der Waals surface area contributed by atoms with Gasteiger partial charge in [-0.05, 0) is 24.6 Å². The zero-order valence-corrected chi connectivity index (χ0v) is 16.1. The molecule has 1 saturated heterocycles. The summed E-state index contributed by atoms with van der Waals surface area (Å²) in [6.07, 6.45) is 1.96. The summed E-state index contributed by atoms with van der Waals surface area (Å²) < 4.78 is 19.1. The van der Waals surface area contributed by atoms with E-state index in [1.807, 2.05) is 0 Å². The van der Waals surface area contributed by atoms with Crippen molar-refractivity contribution in [1.82, 2.24) is 20.0 Å². The lowest BCUT2D eigenvalue weighted by Gasteiger charge is -2.23. The van der Waals surface area contributed by atoms with Crippen LogP contribution in [0.25, 0.3) is 11.0 Å². The van der Waals surface area contributed by atoms with Crippen molar-refractivity contribution in [3.63, 3.8) is 0 Å². The molecule has 0 radical (unpaired) electrons. The first kappa shape index (κ1) is 19.7. The van der Waals surface area contributed by atoms with Crippen LogP contribution < -0.4 is 5.32 Å². The summed E-state index contributed by atoms with van der Waals surface area (Å²) in [5.74, 6) is -1.02. The number of fused-ring (bicyclic) bond motifs is 1. The Bertz CT molecular complexity index is 912. The monoisotopic (exact) mass is 390 g/mol. The highest BCUT2D eigenvalue weighted by Crippen LogP contribution is 2.23. The molecule has 1 atom stereocenters. The van der Waals surface area contributed by atoms with Gasteiger partial charge in [0, 0.05) is 39.6 Å². The number of amides is 4. The van der Waals surface area contributed by atoms with E-state index in [1.54, 1.807) is 27.2 Å². The number of benzene rings is 1. The van der Waals surface area contributed by atoms with Crippen LogP contribution in [0.2, 0.25) is 0 Å². The third kappa shape index (κ3) is 3.92. The number of hydrogen-bond acceptors (Lipinski definition) is 4. The molecule has 9 heteroatoms. The van der Waals surface area contributed by atoms with Gasteiger partial charge < -0.3 is 24.4 Å². The molecule has 8 nitrogen and oxygen atoms in total. The third-order valence-electron chi connectivity index (χ3n) is 4.86. The van der Waals surface area contributed by atoms with Crippen molar-refractivity contribution >= 4 is 28.8 Å². The van der Waals surface area contributed by atoms with Crippen LogP contribution in [0.3, 0.4) is 0 Å². The van der Waals surface area contributed by atoms with Gasteiger partial charge in [-0.3, -0.25) is 9.59 Å². The van der Waals surface area contributed by atoms with Crippen LogP contribution in [0.4, 0.5) is 9.18 Å². The number of nitrogens with one attached hydrogen (secondary N) is 1. The van der Waals surface area contributed by atoms with Crippen LogP contribution >= 0.6 is 0 Å². The van der Waals surface area contributed by atoms with Gasteiger partial charge in [-0.15, -0.1) is 0 Å². The fourth-order valence-electron chi connectivity index (χ4n) is 3.23. The van der Waals surface area contributed by atoms with Crippen molar-refractivity contribution in [3.05, 3.63) is 35.8 Å². The summed E-state index contributed by atoms with van der Waals surface area (Å²) in [6, 6.07) is 3.27. The molecule has 2 heterocycles. The number of halogens is 1. The molecule has 2 aromatic rings. The molecule has 4 amide bonds. The van der Waals surface area contributed by atoms with Gasteiger partial charge in [0.1, 0.15) is 17.4 Å². The summed E-state index contributed by atoms with van der Waals surface area (Å²) in [7, 11) is 4.91. The molecular formula is C19H23FN4O4. The number of carbonyl (C=O) groups excluding carboxylic acids is 3. The quantitative estimate of drug-likeness (QED) is 0.810. The molecule has 1 unspecified atom stereocenters. The molecule has 3 rings (SSSR count). The lowest BCUT2D eigenvalue weighted by atomic mass is 10.1. The maximum absolute atomic E-state index is 13.8. The molecule has 1 aliphatic heterocycles. The Hall–Kier alpha value is -3.10. The second-order valence-corrected chi connectivity index (χ2v) is 7.01. The Kier molecular flexibility index (Phi) is 5.53. The van der Waals surface area contributed by atoms with E-state index in [0.29, 0.717) is 37.0 Å². The lowest BCUT2D eigenvalue weighted by molar-refractivity contribution is -0.131. The summed E-state index contributed by atoms with van der Waals surface area (Å²) >= 11 is 0. The van der Waals surface area contributed by atoms with Crippen LogP contribution in [-0.2, 0) is 4.79 Å². The second-order valence-electron chi connectivity index (χ2n) is 7.01. The molecule has 1 aromatic heterocycles. The van der Waals surface area contributed by atoms with Crippen LogP contribution in [-0.4, -0.2) is 79.4 Å². The van der Waals surface area contributed by atoms with Crippen molar-refractivity contribution in [2.45, 2.75) is 12.5 Å². The van der Waals surface area contributed by atoms with Gasteiger partial charge in [-0.1, -0.05) is 0 Å². The molecule has 150 valence electrons. The first-order valence-corrected chi connectivity index (χ1v) is 8.96. The summed E-state index contributed by atoms with van der Waals surface area (Å²) in [4.78, 5) is 41.0. The van der Waals surface area contributed by atoms with E-state index < -0.39 is 11.9 Å². The molecule has 0 saturated carbocycles. The minimum atomic E-state index is -0.554. The SMILES string of the molecule is CN1CC(C(=O)N(C)CCCN(C)C(=O)c2cc(F)cc3ccoc23)NC1=O. The van der Waals surface area contributed by atoms with Gasteiger partial charge >= 0.3 is 6.03 Å². The van der Waals surface area contributed by atoms with Gasteiger partial charge in [0.15, 0.2) is 0 Å². The van der Waals surface area contributed by atoms with E-state index in [4.69, 9.17) is 4.42 Å². The van der Waals surface area contributed by atoms with Crippen molar-refractivity contribution in [2.75, 3.05) is 40.8 Å². The molecule has 0 bridgehead atoms. The summed E-state index contributed by atoms with van der Waals surface area (Å²) in [5, 5.41) is 3.16. The first-order valence-electron chi connectivity index (χ1n) is 8.96. The standard InChI is InChI=1S/C19H23FN4O4/c1-22(17(25)14-10-13(20)9-12-5-8-28-16(12)14)6-4-7-23(2)18(26)15-11-24(3)19(27)21-15/h5,8-10,15H,4,6-7,11H2,1-3H3,(H,21,27). The van der Waals surface area contributed by atoms with E-state index in [2.05, 4.69) is 5.32 Å². The van der Waals surface area contributed by atoms with Crippen LogP contribution in [0.1, 0.15) is 16.8 Å². The highest BCUT2D eigenvalue weighted by Gasteiger charge is 2.32. The smallest absolute Gasteiger partial charge is 0.317 e. The maximum Gasteiger partial charge on any atom is 0.317 e. The predicted molar refractivity (Wildman–Crippen MR) is 100 cm³/mol. The molecule has 0 aliphatic carbocycles. The average molecular weight is 390 g/mol. The number of nitrogens with zero attached hydrogens (tertiary/aromatic N) is 3. The van der Waals surface area contributed by atoms with Crippen molar-refractivity contribution in [1.29, 1.82) is 0 Å². The number of urea groups is 1. The number of rotatable bonds is 6. The molecule has 28 heavy (non-hydrogen) atoms. The van der Waals surface area contributed by atoms with Crippen molar-refractivity contribution in [3.8, 4) is 0 Å². The van der Waals surface area contributed by atoms with Crippen LogP contribution in [0, 0.1) is 5.82 Å². The molecule has 1 N–H and O–H groups in total. The average Bonchev–Trinajstić information content (AvgIpc) is 3.25. The highest BCUT2D eigenvalue weighted by atomic mass is 19.1. The number of carbonyl (C=O) groups is 3. The van der Waals surface area contributed by atoms with E-state index in [-0.39, 0.29) is 23.4 Å². The van der Waals surface area contributed by atoms with E-state index in [9.17, 15) is 18.8 Å². The fourth-order valence-corrected chi connectivity index (χ4v) is 3.23. The number of hydrogen-bond donors (Lipinski definition) is 1. The minimum absolute atomic E-state index is 0.170. The van der Waals surface area contributed by atoms with Crippen LogP contribution in [0.5, 0.6) is 0 Å². The first-order chi connectivity index (χ1) is 13.3. The molecule has 1 aliphatic rings. The van der Waals surface area contributed by atoms with Gasteiger partial charge in [-0.2, -0.15) is 0 Å². The Morgan fingerprint density at radius 2 is 2.00 bits per heavy atom. The van der Waals surface area contributed by atoms with Gasteiger partial charge in [0.2, 0.25) is 5.91 Å². The Labute approximate surface area is 161 Å². The van der Waals surface area contributed by atoms with Gasteiger partial charge in [0.05, 0.1) is 18.4 Å². The largest absolute Gasteiger partial charge is 0.464 e. The maximum atomic E-state index is 13.8. The van der Waals surface area contributed by atoms with E-state index in [0.717, 1.165) is 0 Å². The zero-order chi connectivity index (χ0) is 20.4. The van der Waals surface area contributed by atoms with E-state index in [1.165, 1.54) is 33.1 Å².